The third kappa shape index (κ3) is 9.51. The Hall–Kier alpha value is -2.50. The van der Waals surface area contributed by atoms with E-state index in [1.807, 2.05) is 18.4 Å². The van der Waals surface area contributed by atoms with E-state index in [9.17, 15) is 27.8 Å². The van der Waals surface area contributed by atoms with Crippen LogP contribution in [-0.2, 0) is 25.8 Å². The molecule has 1 aromatic carbocycles. The number of esters is 1. The third-order valence-corrected chi connectivity index (χ3v) is 5.89. The highest BCUT2D eigenvalue weighted by Crippen LogP contribution is 2.31. The summed E-state index contributed by atoms with van der Waals surface area (Å²) in [7, 11) is -3.32. The van der Waals surface area contributed by atoms with E-state index in [4.69, 9.17) is 4.74 Å². The van der Waals surface area contributed by atoms with E-state index in [-0.39, 0.29) is 31.2 Å². The van der Waals surface area contributed by atoms with Crippen LogP contribution in [0.25, 0.3) is 11.3 Å². The highest BCUT2D eigenvalue weighted by molar-refractivity contribution is 7.90. The molecular weight excluding hydrogens is 489 g/mol. The second kappa shape index (κ2) is 12.2. The number of carbonyl (C=O) groups is 1. The average Bonchev–Trinajstić information content (AvgIpc) is 3.08. The molecule has 0 aliphatic carbocycles. The molecule has 0 radical (unpaired) electrons. The standard InChI is InChI=1S/C25H38FN3O6S/c1-16(2)29-21(12-11-19(30)13-20(31)14-22(32)35-25(3,4)5)23(17-7-9-18(26)10-8-17)28-24(29)27-15-36(6,33)34/h7-10,16,19-20,30-31H,11-15H2,1-6H3,(H,27,28)/t19-,20-/m1/s1. The Bertz CT molecular complexity index is 1120. The average molecular weight is 528 g/mol. The number of rotatable bonds is 12. The monoisotopic (exact) mass is 527 g/mol. The zero-order valence-electron chi connectivity index (χ0n) is 21.8. The number of aromatic nitrogens is 2. The van der Waals surface area contributed by atoms with Gasteiger partial charge in [0.1, 0.15) is 17.3 Å². The van der Waals surface area contributed by atoms with Crippen LogP contribution in [0, 0.1) is 5.82 Å². The predicted octanol–water partition coefficient (Wildman–Crippen LogP) is 3.46. The Balaban J connectivity index is 2.25. The molecule has 0 amide bonds. The summed E-state index contributed by atoms with van der Waals surface area (Å²) in [5.41, 5.74) is 1.26. The molecule has 36 heavy (non-hydrogen) atoms. The molecule has 1 heterocycles. The predicted molar refractivity (Wildman–Crippen MR) is 137 cm³/mol. The van der Waals surface area contributed by atoms with Crippen molar-refractivity contribution < 1.29 is 32.6 Å². The fraction of sp³-hybridized carbons (Fsp3) is 0.600. The van der Waals surface area contributed by atoms with E-state index in [0.29, 0.717) is 23.6 Å². The molecule has 0 unspecified atom stereocenters. The number of imidazole rings is 1. The number of carbonyl (C=O) groups excluding carboxylic acids is 1. The van der Waals surface area contributed by atoms with Gasteiger partial charge in [0.2, 0.25) is 5.95 Å². The molecule has 2 aromatic rings. The van der Waals surface area contributed by atoms with E-state index in [1.54, 1.807) is 32.9 Å². The van der Waals surface area contributed by atoms with Gasteiger partial charge in [0.05, 0.1) is 24.3 Å². The Morgan fingerprint density at radius 1 is 1.17 bits per heavy atom. The first-order valence-corrected chi connectivity index (χ1v) is 14.0. The summed E-state index contributed by atoms with van der Waals surface area (Å²) < 4.78 is 44.0. The Labute approximate surface area is 212 Å². The first kappa shape index (κ1) is 29.7. The molecule has 1 aromatic heterocycles. The van der Waals surface area contributed by atoms with Gasteiger partial charge in [-0.25, -0.2) is 17.8 Å². The number of nitrogens with one attached hydrogen (secondary N) is 1. The van der Waals surface area contributed by atoms with E-state index in [1.165, 1.54) is 12.1 Å². The minimum atomic E-state index is -3.32. The van der Waals surface area contributed by atoms with Gasteiger partial charge < -0.3 is 24.8 Å². The second-order valence-electron chi connectivity index (χ2n) is 10.3. The lowest BCUT2D eigenvalue weighted by Crippen LogP contribution is -2.28. The van der Waals surface area contributed by atoms with E-state index in [2.05, 4.69) is 10.3 Å². The van der Waals surface area contributed by atoms with Crippen LogP contribution in [0.3, 0.4) is 0 Å². The maximum Gasteiger partial charge on any atom is 0.308 e. The molecule has 0 spiro atoms. The van der Waals surface area contributed by atoms with Crippen LogP contribution in [0.4, 0.5) is 10.3 Å². The maximum atomic E-state index is 13.5. The number of ether oxygens (including phenoxy) is 1. The second-order valence-corrected chi connectivity index (χ2v) is 12.5. The lowest BCUT2D eigenvalue weighted by molar-refractivity contribution is -0.157. The smallest absolute Gasteiger partial charge is 0.308 e. The van der Waals surface area contributed by atoms with Crippen molar-refractivity contribution in [1.29, 1.82) is 0 Å². The van der Waals surface area contributed by atoms with Crippen LogP contribution in [0.2, 0.25) is 0 Å². The van der Waals surface area contributed by atoms with Gasteiger partial charge in [-0.15, -0.1) is 0 Å². The van der Waals surface area contributed by atoms with Gasteiger partial charge >= 0.3 is 5.97 Å². The van der Waals surface area contributed by atoms with Gasteiger partial charge in [0.15, 0.2) is 9.84 Å². The molecule has 0 aliphatic heterocycles. The van der Waals surface area contributed by atoms with Crippen molar-refractivity contribution in [2.75, 3.05) is 17.4 Å². The van der Waals surface area contributed by atoms with E-state index >= 15 is 0 Å². The van der Waals surface area contributed by atoms with E-state index in [0.717, 1.165) is 11.9 Å². The molecule has 0 saturated carbocycles. The summed E-state index contributed by atoms with van der Waals surface area (Å²) in [4.78, 5) is 16.6. The number of aliphatic hydroxyl groups excluding tert-OH is 2. The highest BCUT2D eigenvalue weighted by atomic mass is 32.2. The van der Waals surface area contributed by atoms with Crippen molar-refractivity contribution in [3.63, 3.8) is 0 Å². The molecular formula is C25H38FN3O6S. The number of hydrogen-bond acceptors (Lipinski definition) is 8. The van der Waals surface area contributed by atoms with Crippen molar-refractivity contribution >= 4 is 21.8 Å². The molecule has 0 saturated heterocycles. The van der Waals surface area contributed by atoms with Crippen LogP contribution in [-0.4, -0.2) is 64.1 Å². The molecule has 3 N–H and O–H groups in total. The van der Waals surface area contributed by atoms with Gasteiger partial charge in [-0.2, -0.15) is 0 Å². The molecule has 0 fully saturated rings. The quantitative estimate of drug-likeness (QED) is 0.358. The topological polar surface area (TPSA) is 131 Å². The fourth-order valence-electron chi connectivity index (χ4n) is 3.81. The Morgan fingerprint density at radius 2 is 1.78 bits per heavy atom. The number of nitrogens with zero attached hydrogens (tertiary/aromatic N) is 2. The number of halogens is 1. The lowest BCUT2D eigenvalue weighted by atomic mass is 10.0. The minimum Gasteiger partial charge on any atom is -0.460 e. The molecule has 2 atom stereocenters. The fourth-order valence-corrected chi connectivity index (χ4v) is 4.21. The Morgan fingerprint density at radius 3 is 2.31 bits per heavy atom. The maximum absolute atomic E-state index is 13.5. The zero-order chi connectivity index (χ0) is 27.3. The molecule has 2 rings (SSSR count). The number of anilines is 1. The number of benzene rings is 1. The summed E-state index contributed by atoms with van der Waals surface area (Å²) in [6.07, 6.45) is -0.496. The molecule has 11 heteroatoms. The van der Waals surface area contributed by atoms with Crippen molar-refractivity contribution in [1.82, 2.24) is 9.55 Å². The summed E-state index contributed by atoms with van der Waals surface area (Å²) in [6.45, 7) is 9.06. The Kier molecular flexibility index (Phi) is 10.0. The van der Waals surface area contributed by atoms with Gasteiger partial charge in [-0.05, 0) is 78.1 Å². The van der Waals surface area contributed by atoms with Crippen LogP contribution >= 0.6 is 0 Å². The first-order chi connectivity index (χ1) is 16.6. The lowest BCUT2D eigenvalue weighted by Gasteiger charge is -2.22. The first-order valence-electron chi connectivity index (χ1n) is 11.9. The van der Waals surface area contributed by atoms with Crippen LogP contribution in [0.1, 0.15) is 65.6 Å². The molecule has 9 nitrogen and oxygen atoms in total. The zero-order valence-corrected chi connectivity index (χ0v) is 22.6. The van der Waals surface area contributed by atoms with Crippen molar-refractivity contribution in [3.8, 4) is 11.3 Å². The number of sulfone groups is 1. The highest BCUT2D eigenvalue weighted by Gasteiger charge is 2.24. The van der Waals surface area contributed by atoms with Gasteiger partial charge in [-0.1, -0.05) is 0 Å². The molecule has 0 aliphatic rings. The van der Waals surface area contributed by atoms with Crippen molar-refractivity contribution in [3.05, 3.63) is 35.8 Å². The summed E-state index contributed by atoms with van der Waals surface area (Å²) in [5.74, 6) is -0.892. The molecule has 0 bridgehead atoms. The third-order valence-electron chi connectivity index (χ3n) is 5.22. The van der Waals surface area contributed by atoms with Gasteiger partial charge in [0, 0.05) is 23.6 Å². The van der Waals surface area contributed by atoms with Crippen molar-refractivity contribution in [2.24, 2.45) is 0 Å². The summed E-state index contributed by atoms with van der Waals surface area (Å²) in [5, 5.41) is 23.7. The van der Waals surface area contributed by atoms with Gasteiger partial charge in [0.25, 0.3) is 0 Å². The summed E-state index contributed by atoms with van der Waals surface area (Å²) in [6, 6.07) is 5.72. The van der Waals surface area contributed by atoms with Crippen molar-refractivity contribution in [2.45, 2.75) is 84.2 Å². The summed E-state index contributed by atoms with van der Waals surface area (Å²) >= 11 is 0. The number of hydrogen-bond donors (Lipinski definition) is 3. The van der Waals surface area contributed by atoms with Crippen LogP contribution < -0.4 is 5.32 Å². The van der Waals surface area contributed by atoms with E-state index < -0.39 is 39.4 Å². The molecule has 202 valence electrons. The normalized spacial score (nSPS) is 14.1. The largest absolute Gasteiger partial charge is 0.460 e. The van der Waals surface area contributed by atoms with Gasteiger partial charge in [-0.3, -0.25) is 4.79 Å². The van der Waals surface area contributed by atoms with Crippen LogP contribution in [0.5, 0.6) is 0 Å². The SMILES string of the molecule is CC(C)n1c(NCS(C)(=O)=O)nc(-c2ccc(F)cc2)c1CC[C@@H](O)C[C@@H](O)CC(=O)OC(C)(C)C. The number of aliphatic hydroxyl groups is 2. The minimum absolute atomic E-state index is 0.0138. The van der Waals surface area contributed by atoms with Crippen LogP contribution in [0.15, 0.2) is 24.3 Å².